The Hall–Kier alpha value is -2.96. The first-order chi connectivity index (χ1) is 9.65. The molecule has 0 unspecified atom stereocenters. The summed E-state index contributed by atoms with van der Waals surface area (Å²) in [6, 6.07) is 6.48. The van der Waals surface area contributed by atoms with Gasteiger partial charge in [-0.3, -0.25) is 15.5 Å². The van der Waals surface area contributed by atoms with Crippen molar-refractivity contribution in [2.75, 3.05) is 5.43 Å². The molecular formula is C13H12N4O3. The molecule has 0 aliphatic heterocycles. The highest BCUT2D eigenvalue weighted by atomic mass is 16.6. The molecule has 0 fully saturated rings. The van der Waals surface area contributed by atoms with Crippen LogP contribution in [0.1, 0.15) is 12.7 Å². The maximum absolute atomic E-state index is 10.5. The second-order valence-electron chi connectivity index (χ2n) is 3.93. The molecule has 2 aromatic rings. The van der Waals surface area contributed by atoms with Crippen molar-refractivity contribution in [1.82, 2.24) is 4.98 Å². The molecule has 0 saturated heterocycles. The molecule has 0 amide bonds. The third kappa shape index (κ3) is 3.77. The molecule has 2 heterocycles. The molecular weight excluding hydrogens is 260 g/mol. The lowest BCUT2D eigenvalue weighted by molar-refractivity contribution is -0.385. The van der Waals surface area contributed by atoms with Crippen LogP contribution in [0.5, 0.6) is 0 Å². The largest absolute Gasteiger partial charge is 0.465 e. The van der Waals surface area contributed by atoms with E-state index in [1.54, 1.807) is 18.5 Å². The highest BCUT2D eigenvalue weighted by molar-refractivity contribution is 5.84. The summed E-state index contributed by atoms with van der Waals surface area (Å²) in [5.74, 6) is 1.17. The smallest absolute Gasteiger partial charge is 0.287 e. The lowest BCUT2D eigenvalue weighted by atomic mass is 10.3. The molecule has 7 heteroatoms. The fourth-order valence-corrected chi connectivity index (χ4v) is 1.40. The molecule has 0 bridgehead atoms. The molecule has 0 saturated carbocycles. The number of nitrogens with zero attached hydrogens (tertiary/aromatic N) is 3. The Morgan fingerprint density at radius 1 is 1.50 bits per heavy atom. The SMILES string of the molecule is CC(/C=N\Nc1ccc([N+](=O)[O-])cn1)=C\c1ccco1. The van der Waals surface area contributed by atoms with Crippen LogP contribution in [0.4, 0.5) is 11.5 Å². The summed E-state index contributed by atoms with van der Waals surface area (Å²) >= 11 is 0. The van der Waals surface area contributed by atoms with Gasteiger partial charge in [-0.25, -0.2) is 4.98 Å². The topological polar surface area (TPSA) is 93.6 Å². The number of aromatic nitrogens is 1. The molecule has 0 aromatic carbocycles. The molecule has 2 aromatic heterocycles. The number of allylic oxidation sites excluding steroid dienone is 1. The minimum atomic E-state index is -0.504. The fraction of sp³-hybridized carbons (Fsp3) is 0.0769. The number of furan rings is 1. The molecule has 0 atom stereocenters. The van der Waals surface area contributed by atoms with Crippen molar-refractivity contribution in [3.8, 4) is 0 Å². The molecule has 0 aliphatic rings. The van der Waals surface area contributed by atoms with Crippen molar-refractivity contribution in [3.05, 3.63) is 58.2 Å². The lowest BCUT2D eigenvalue weighted by Crippen LogP contribution is -1.94. The summed E-state index contributed by atoms with van der Waals surface area (Å²) < 4.78 is 5.17. The number of nitrogens with one attached hydrogen (secondary N) is 1. The minimum absolute atomic E-state index is 0.0616. The van der Waals surface area contributed by atoms with Crippen molar-refractivity contribution in [3.63, 3.8) is 0 Å². The highest BCUT2D eigenvalue weighted by Crippen LogP contribution is 2.11. The Morgan fingerprint density at radius 2 is 2.35 bits per heavy atom. The third-order valence-electron chi connectivity index (χ3n) is 2.32. The predicted octanol–water partition coefficient (Wildman–Crippen LogP) is 3.08. The summed E-state index contributed by atoms with van der Waals surface area (Å²) in [6.07, 6.45) is 6.19. The highest BCUT2D eigenvalue weighted by Gasteiger charge is 2.04. The Labute approximate surface area is 114 Å². The summed E-state index contributed by atoms with van der Waals surface area (Å²) in [7, 11) is 0. The Bertz CT molecular complexity index is 630. The van der Waals surface area contributed by atoms with Gasteiger partial charge < -0.3 is 4.42 Å². The van der Waals surface area contributed by atoms with Gasteiger partial charge in [0.15, 0.2) is 0 Å². The van der Waals surface area contributed by atoms with Crippen LogP contribution in [-0.4, -0.2) is 16.1 Å². The maximum atomic E-state index is 10.5. The average Bonchev–Trinajstić information content (AvgIpc) is 2.92. The molecule has 1 N–H and O–H groups in total. The fourth-order valence-electron chi connectivity index (χ4n) is 1.40. The van der Waals surface area contributed by atoms with Gasteiger partial charge in [-0.1, -0.05) is 0 Å². The maximum Gasteiger partial charge on any atom is 0.287 e. The molecule has 7 nitrogen and oxygen atoms in total. The van der Waals surface area contributed by atoms with Crippen LogP contribution >= 0.6 is 0 Å². The van der Waals surface area contributed by atoms with Gasteiger partial charge in [0, 0.05) is 6.07 Å². The quantitative estimate of drug-likeness (QED) is 0.512. The number of anilines is 1. The van der Waals surface area contributed by atoms with Crippen LogP contribution in [0, 0.1) is 10.1 Å². The van der Waals surface area contributed by atoms with E-state index in [4.69, 9.17) is 4.42 Å². The third-order valence-corrected chi connectivity index (χ3v) is 2.32. The van der Waals surface area contributed by atoms with Gasteiger partial charge in [0.2, 0.25) is 0 Å². The summed E-state index contributed by atoms with van der Waals surface area (Å²) in [4.78, 5) is 13.8. The first kappa shape index (κ1) is 13.5. The first-order valence-electron chi connectivity index (χ1n) is 5.76. The van der Waals surface area contributed by atoms with E-state index < -0.39 is 4.92 Å². The first-order valence-corrected chi connectivity index (χ1v) is 5.76. The van der Waals surface area contributed by atoms with Gasteiger partial charge in [-0.15, -0.1) is 0 Å². The van der Waals surface area contributed by atoms with E-state index >= 15 is 0 Å². The van der Waals surface area contributed by atoms with Gasteiger partial charge in [-0.05, 0) is 36.8 Å². The van der Waals surface area contributed by atoms with Gasteiger partial charge in [-0.2, -0.15) is 5.10 Å². The van der Waals surface area contributed by atoms with Crippen molar-refractivity contribution >= 4 is 23.8 Å². The number of rotatable bonds is 5. The summed E-state index contributed by atoms with van der Waals surface area (Å²) in [5.41, 5.74) is 3.51. The molecule has 0 aliphatic carbocycles. The predicted molar refractivity (Wildman–Crippen MR) is 75.4 cm³/mol. The zero-order chi connectivity index (χ0) is 14.4. The van der Waals surface area contributed by atoms with E-state index in [1.807, 2.05) is 19.1 Å². The van der Waals surface area contributed by atoms with E-state index in [0.717, 1.165) is 11.3 Å². The number of pyridine rings is 1. The van der Waals surface area contributed by atoms with Crippen LogP contribution in [0.15, 0.2) is 51.8 Å². The summed E-state index contributed by atoms with van der Waals surface area (Å²) in [6.45, 7) is 1.87. The van der Waals surface area contributed by atoms with Crippen LogP contribution in [0.3, 0.4) is 0 Å². The molecule has 0 radical (unpaired) electrons. The van der Waals surface area contributed by atoms with Gasteiger partial charge in [0.05, 0.1) is 17.4 Å². The van der Waals surface area contributed by atoms with Crippen LogP contribution < -0.4 is 5.43 Å². The normalized spacial score (nSPS) is 11.8. The van der Waals surface area contributed by atoms with Crippen LogP contribution in [0.2, 0.25) is 0 Å². The van der Waals surface area contributed by atoms with Gasteiger partial charge >= 0.3 is 0 Å². The van der Waals surface area contributed by atoms with Crippen molar-refractivity contribution in [1.29, 1.82) is 0 Å². The number of hydrogen-bond donors (Lipinski definition) is 1. The number of hydrogen-bond acceptors (Lipinski definition) is 6. The zero-order valence-corrected chi connectivity index (χ0v) is 10.7. The molecule has 2 rings (SSSR count). The monoisotopic (exact) mass is 272 g/mol. The van der Waals surface area contributed by atoms with Crippen molar-refractivity contribution in [2.45, 2.75) is 6.92 Å². The average molecular weight is 272 g/mol. The van der Waals surface area contributed by atoms with Crippen molar-refractivity contribution < 1.29 is 9.34 Å². The molecule has 0 spiro atoms. The van der Waals surface area contributed by atoms with E-state index in [-0.39, 0.29) is 5.69 Å². The number of nitro groups is 1. The van der Waals surface area contributed by atoms with Crippen LogP contribution in [-0.2, 0) is 0 Å². The number of hydrazone groups is 1. The van der Waals surface area contributed by atoms with E-state index in [2.05, 4.69) is 15.5 Å². The van der Waals surface area contributed by atoms with Gasteiger partial charge in [0.1, 0.15) is 17.8 Å². The summed E-state index contributed by atoms with van der Waals surface area (Å²) in [5, 5.41) is 14.4. The molecule has 20 heavy (non-hydrogen) atoms. The lowest BCUT2D eigenvalue weighted by Gasteiger charge is -1.98. The Morgan fingerprint density at radius 3 is 2.95 bits per heavy atom. The Balaban J connectivity index is 1.94. The molecule has 102 valence electrons. The van der Waals surface area contributed by atoms with Crippen molar-refractivity contribution in [2.24, 2.45) is 5.10 Å². The standard InChI is InChI=1S/C13H12N4O3/c1-10(7-12-3-2-6-20-12)8-15-16-13-5-4-11(9-14-13)17(18)19/h2-9H,1H3,(H,14,16)/b10-7+,15-8-. The Kier molecular flexibility index (Phi) is 4.23. The van der Waals surface area contributed by atoms with Gasteiger partial charge in [0.25, 0.3) is 5.69 Å². The van der Waals surface area contributed by atoms with E-state index in [0.29, 0.717) is 5.82 Å². The van der Waals surface area contributed by atoms with E-state index in [9.17, 15) is 10.1 Å². The zero-order valence-electron chi connectivity index (χ0n) is 10.7. The van der Waals surface area contributed by atoms with Crippen LogP contribution in [0.25, 0.3) is 6.08 Å². The second kappa shape index (κ2) is 6.28. The second-order valence-corrected chi connectivity index (χ2v) is 3.93. The minimum Gasteiger partial charge on any atom is -0.465 e. The van der Waals surface area contributed by atoms with E-state index in [1.165, 1.54) is 18.3 Å².